The zero-order valence-corrected chi connectivity index (χ0v) is 7.71. The van der Waals surface area contributed by atoms with Crippen molar-refractivity contribution in [3.05, 3.63) is 0 Å². The van der Waals surface area contributed by atoms with Crippen LogP contribution in [0.4, 0.5) is 0 Å². The summed E-state index contributed by atoms with van der Waals surface area (Å²) in [7, 11) is 2.03. The van der Waals surface area contributed by atoms with Crippen LogP contribution in [0.25, 0.3) is 0 Å². The van der Waals surface area contributed by atoms with E-state index in [1.165, 1.54) is 6.42 Å². The van der Waals surface area contributed by atoms with Crippen LogP contribution < -0.4 is 0 Å². The van der Waals surface area contributed by atoms with Crippen LogP contribution in [0.15, 0.2) is 0 Å². The molecule has 0 saturated carbocycles. The number of rotatable bonds is 2. The molecule has 62 valence electrons. The van der Waals surface area contributed by atoms with Crippen LogP contribution in [-0.4, -0.2) is 30.4 Å². The van der Waals surface area contributed by atoms with Crippen molar-refractivity contribution in [3.63, 3.8) is 0 Å². The van der Waals surface area contributed by atoms with Gasteiger partial charge in [-0.3, -0.25) is 0 Å². The van der Waals surface area contributed by atoms with Gasteiger partial charge in [-0.2, -0.15) is 0 Å². The summed E-state index contributed by atoms with van der Waals surface area (Å²) in [4.78, 5) is 2.18. The quantitative estimate of drug-likeness (QED) is 0.597. The van der Waals surface area contributed by atoms with Gasteiger partial charge in [0.05, 0.1) is 0 Å². The summed E-state index contributed by atoms with van der Waals surface area (Å²) in [5.74, 6) is -1.52. The average Bonchev–Trinajstić information content (AvgIpc) is 2.12. The Morgan fingerprint density at radius 3 is 2.90 bits per heavy atom. The highest BCUT2D eigenvalue weighted by atomic mass is 35.5. The van der Waals surface area contributed by atoms with Gasteiger partial charge in [0.2, 0.25) is 0 Å². The monoisotopic (exact) mass is 185 g/mol. The Morgan fingerprint density at radius 1 is 1.80 bits per heavy atom. The normalized spacial score (nSPS) is 30.8. The Balaban J connectivity index is 0.00000121. The average molecular weight is 186 g/mol. The zero-order chi connectivity index (χ0) is 8.48. The summed E-state index contributed by atoms with van der Waals surface area (Å²) < 4.78 is 14.4. The zero-order valence-electron chi connectivity index (χ0n) is 8.14. The van der Waals surface area contributed by atoms with Crippen molar-refractivity contribution in [2.24, 2.45) is 0 Å². The van der Waals surface area contributed by atoms with Crippen molar-refractivity contribution in [2.45, 2.75) is 25.3 Å². The molecule has 1 saturated heterocycles. The molecule has 1 atom stereocenters. The molecule has 1 heterocycles. The molecular formula is C7H15Cl2N. The largest absolute Gasteiger partial charge is 0.303 e. The van der Waals surface area contributed by atoms with Gasteiger partial charge in [0.1, 0.15) is 0 Å². The highest BCUT2D eigenvalue weighted by Gasteiger charge is 2.19. The number of halogens is 2. The summed E-state index contributed by atoms with van der Waals surface area (Å²) in [6.07, 6.45) is 2.71. The summed E-state index contributed by atoms with van der Waals surface area (Å²) in [6.45, 7) is 1.08. The number of alkyl halides is 1. The lowest BCUT2D eigenvalue weighted by Crippen LogP contribution is -2.24. The lowest BCUT2D eigenvalue weighted by atomic mass is 10.2. The summed E-state index contributed by atoms with van der Waals surface area (Å²) in [5.41, 5.74) is 0. The van der Waals surface area contributed by atoms with Crippen molar-refractivity contribution in [2.75, 3.05) is 19.4 Å². The predicted molar refractivity (Wildman–Crippen MR) is 48.2 cm³/mol. The summed E-state index contributed by atoms with van der Waals surface area (Å²) in [5, 5.41) is 0. The third-order valence-electron chi connectivity index (χ3n) is 1.98. The van der Waals surface area contributed by atoms with Gasteiger partial charge in [-0.05, 0) is 32.9 Å². The molecule has 0 aromatic rings. The maximum atomic E-state index is 7.19. The Morgan fingerprint density at radius 2 is 2.50 bits per heavy atom. The first kappa shape index (κ1) is 7.20. The molecule has 0 aromatic carbocycles. The van der Waals surface area contributed by atoms with E-state index in [2.05, 4.69) is 4.90 Å². The van der Waals surface area contributed by atoms with Crippen molar-refractivity contribution < 1.29 is 2.74 Å². The van der Waals surface area contributed by atoms with E-state index in [0.717, 1.165) is 13.0 Å². The molecule has 3 heteroatoms. The maximum absolute atomic E-state index is 7.19. The molecular weight excluding hydrogens is 169 g/mol. The van der Waals surface area contributed by atoms with E-state index < -0.39 is 5.83 Å². The van der Waals surface area contributed by atoms with E-state index in [1.54, 1.807) is 0 Å². The van der Waals surface area contributed by atoms with Crippen molar-refractivity contribution >= 4 is 24.0 Å². The van der Waals surface area contributed by atoms with E-state index in [1.807, 2.05) is 7.05 Å². The Bertz CT molecular complexity index is 138. The predicted octanol–water partition coefficient (Wildman–Crippen LogP) is 2.13. The van der Waals surface area contributed by atoms with E-state index in [4.69, 9.17) is 14.3 Å². The lowest BCUT2D eigenvalue weighted by molar-refractivity contribution is 0.305. The molecule has 0 spiro atoms. The molecule has 1 aliphatic rings. The van der Waals surface area contributed by atoms with Crippen LogP contribution in [0.3, 0.4) is 0 Å². The van der Waals surface area contributed by atoms with Gasteiger partial charge >= 0.3 is 0 Å². The Hall–Kier alpha value is 0.540. The standard InChI is InChI=1S/C7H14ClN.ClH/c1-9-6-2-3-7(9)4-5-8;/h7H,2-6H2,1H3;1H/t7-;/m1./s1/i5D2;. The molecule has 1 rings (SSSR count). The highest BCUT2D eigenvalue weighted by Crippen LogP contribution is 2.17. The summed E-state index contributed by atoms with van der Waals surface area (Å²) in [6, 6.07) is 0.350. The molecule has 0 radical (unpaired) electrons. The molecule has 0 bridgehead atoms. The topological polar surface area (TPSA) is 3.24 Å². The van der Waals surface area contributed by atoms with Crippen LogP contribution in [-0.2, 0) is 0 Å². The van der Waals surface area contributed by atoms with Gasteiger partial charge in [-0.1, -0.05) is 0 Å². The van der Waals surface area contributed by atoms with Crippen LogP contribution in [0.1, 0.15) is 22.0 Å². The van der Waals surface area contributed by atoms with Gasteiger partial charge in [-0.25, -0.2) is 0 Å². The molecule has 1 aliphatic heterocycles. The molecule has 0 aliphatic carbocycles. The van der Waals surface area contributed by atoms with Crippen LogP contribution >= 0.6 is 24.0 Å². The van der Waals surface area contributed by atoms with E-state index in [0.29, 0.717) is 12.5 Å². The van der Waals surface area contributed by atoms with Gasteiger partial charge in [0, 0.05) is 14.6 Å². The second-order valence-corrected chi connectivity index (χ2v) is 2.88. The number of nitrogens with zero attached hydrogens (tertiary/aromatic N) is 1. The van der Waals surface area contributed by atoms with E-state index >= 15 is 0 Å². The van der Waals surface area contributed by atoms with Crippen LogP contribution in [0, 0.1) is 0 Å². The van der Waals surface area contributed by atoms with E-state index in [-0.39, 0.29) is 12.4 Å². The van der Waals surface area contributed by atoms with Crippen LogP contribution in [0.2, 0.25) is 0 Å². The van der Waals surface area contributed by atoms with Crippen LogP contribution in [0.5, 0.6) is 0 Å². The van der Waals surface area contributed by atoms with Gasteiger partial charge in [0.15, 0.2) is 0 Å². The molecule has 0 unspecified atom stereocenters. The maximum Gasteiger partial charge on any atom is 0.0436 e. The molecule has 10 heavy (non-hydrogen) atoms. The first-order chi connectivity index (χ1) is 4.99. The first-order valence-electron chi connectivity index (χ1n) is 4.38. The van der Waals surface area contributed by atoms with Crippen molar-refractivity contribution in [1.29, 1.82) is 0 Å². The summed E-state index contributed by atoms with van der Waals surface area (Å²) >= 11 is 5.49. The Labute approximate surface area is 76.9 Å². The molecule has 1 nitrogen and oxygen atoms in total. The number of likely N-dealkylation sites (tertiary alicyclic amines) is 1. The number of hydrogen-bond donors (Lipinski definition) is 0. The Kier molecular flexibility index (Phi) is 3.76. The SMILES string of the molecule is Cl.[2H]C([2H])(Cl)C[C@H]1CCCN1C. The molecule has 0 aromatic heterocycles. The smallest absolute Gasteiger partial charge is 0.0436 e. The minimum Gasteiger partial charge on any atom is -0.303 e. The fraction of sp³-hybridized carbons (Fsp3) is 1.00. The second-order valence-electron chi connectivity index (χ2n) is 2.61. The van der Waals surface area contributed by atoms with Gasteiger partial charge in [-0.15, -0.1) is 24.0 Å². The highest BCUT2D eigenvalue weighted by molar-refractivity contribution is 6.17. The fourth-order valence-corrected chi connectivity index (χ4v) is 1.50. The fourth-order valence-electron chi connectivity index (χ4n) is 1.33. The third kappa shape index (κ3) is 2.65. The molecule has 1 fully saturated rings. The molecule has 0 N–H and O–H groups in total. The third-order valence-corrected chi connectivity index (χ3v) is 2.14. The van der Waals surface area contributed by atoms with Crippen molar-refractivity contribution in [1.82, 2.24) is 4.90 Å². The lowest BCUT2D eigenvalue weighted by Gasteiger charge is -2.17. The van der Waals surface area contributed by atoms with Crippen molar-refractivity contribution in [3.8, 4) is 0 Å². The van der Waals surface area contributed by atoms with Gasteiger partial charge in [0.25, 0.3) is 0 Å². The minimum absolute atomic E-state index is 0. The van der Waals surface area contributed by atoms with Gasteiger partial charge < -0.3 is 4.90 Å². The van der Waals surface area contributed by atoms with E-state index in [9.17, 15) is 0 Å². The number of hydrogen-bond acceptors (Lipinski definition) is 1. The second kappa shape index (κ2) is 5.22. The molecule has 0 amide bonds. The first-order valence-corrected chi connectivity index (χ1v) is 3.76. The minimum atomic E-state index is -1.52.